The van der Waals surface area contributed by atoms with E-state index in [0.29, 0.717) is 5.89 Å². The van der Waals surface area contributed by atoms with E-state index in [1.54, 1.807) is 6.26 Å². The number of oxazole rings is 2. The minimum atomic E-state index is 0.289. The van der Waals surface area contributed by atoms with Gasteiger partial charge in [0.05, 0.1) is 5.69 Å². The molecule has 0 radical (unpaired) electrons. The van der Waals surface area contributed by atoms with E-state index in [-0.39, 0.29) is 4.58 Å². The Hall–Kier alpha value is -0.920. The van der Waals surface area contributed by atoms with Gasteiger partial charge in [-0.1, -0.05) is 0 Å². The molecule has 2 aromatic rings. The Labute approximate surface area is 139 Å². The van der Waals surface area contributed by atoms with Crippen molar-refractivity contribution in [3.8, 4) is 11.6 Å². The first-order valence-corrected chi connectivity index (χ1v) is 9.53. The average molecular weight is 339 g/mol. The fraction of sp³-hybridized carbons (Fsp3) is 0.600. The summed E-state index contributed by atoms with van der Waals surface area (Å²) >= 11 is 3.82. The van der Waals surface area contributed by atoms with Gasteiger partial charge in [-0.15, -0.1) is 23.5 Å². The first kappa shape index (κ1) is 16.0. The molecule has 3 rings (SSSR count). The lowest BCUT2D eigenvalue weighted by Gasteiger charge is -2.17. The van der Waals surface area contributed by atoms with Crippen LogP contribution < -0.4 is 0 Å². The number of hydrogen-bond acceptors (Lipinski definition) is 7. The molecule has 1 aliphatic rings. The fourth-order valence-electron chi connectivity index (χ4n) is 2.23. The quantitative estimate of drug-likeness (QED) is 0.824. The number of aromatic nitrogens is 2. The topological polar surface area (TPSA) is 55.3 Å². The Kier molecular flexibility index (Phi) is 5.15. The highest BCUT2D eigenvalue weighted by Gasteiger charge is 2.26. The van der Waals surface area contributed by atoms with Gasteiger partial charge < -0.3 is 13.7 Å². The Morgan fingerprint density at radius 2 is 2.05 bits per heavy atom. The second-order valence-electron chi connectivity index (χ2n) is 5.60. The smallest absolute Gasteiger partial charge is 0.248 e. The van der Waals surface area contributed by atoms with Gasteiger partial charge in [0.15, 0.2) is 5.69 Å². The van der Waals surface area contributed by atoms with Gasteiger partial charge in [-0.25, -0.2) is 9.97 Å². The SMILES string of the molecule is Cc1coc(-c2nc(C3SCCCS3)oc2CCN(C)C)n1. The molecule has 0 spiro atoms. The molecular formula is C15H21N3O2S2. The average Bonchev–Trinajstić information content (AvgIpc) is 3.12. The summed E-state index contributed by atoms with van der Waals surface area (Å²) < 4.78 is 11.9. The Bertz CT molecular complexity index is 618. The van der Waals surface area contributed by atoms with Crippen LogP contribution in [0.3, 0.4) is 0 Å². The van der Waals surface area contributed by atoms with Crippen molar-refractivity contribution in [2.24, 2.45) is 0 Å². The van der Waals surface area contributed by atoms with Crippen molar-refractivity contribution in [3.05, 3.63) is 23.6 Å². The number of hydrogen-bond donors (Lipinski definition) is 0. The molecule has 0 bridgehead atoms. The van der Waals surface area contributed by atoms with Crippen molar-refractivity contribution < 1.29 is 8.83 Å². The number of likely N-dealkylation sites (N-methyl/N-ethyl adjacent to an activating group) is 1. The zero-order chi connectivity index (χ0) is 15.5. The second-order valence-corrected chi connectivity index (χ2v) is 8.32. The Morgan fingerprint density at radius 1 is 1.27 bits per heavy atom. The van der Waals surface area contributed by atoms with Gasteiger partial charge in [0, 0.05) is 13.0 Å². The maximum absolute atomic E-state index is 6.09. The van der Waals surface area contributed by atoms with Crippen molar-refractivity contribution in [2.75, 3.05) is 32.1 Å². The van der Waals surface area contributed by atoms with E-state index in [2.05, 4.69) is 24.0 Å². The summed E-state index contributed by atoms with van der Waals surface area (Å²) in [6.07, 6.45) is 3.72. The molecule has 120 valence electrons. The summed E-state index contributed by atoms with van der Waals surface area (Å²) in [5.74, 6) is 4.57. The number of thioether (sulfide) groups is 2. The second kappa shape index (κ2) is 7.10. The normalized spacial score (nSPS) is 16.5. The monoisotopic (exact) mass is 339 g/mol. The molecule has 0 aromatic carbocycles. The van der Waals surface area contributed by atoms with Gasteiger partial charge in [-0.3, -0.25) is 0 Å². The molecular weight excluding hydrogens is 318 g/mol. The van der Waals surface area contributed by atoms with Crippen LogP contribution in [0.4, 0.5) is 0 Å². The fourth-order valence-corrected chi connectivity index (χ4v) is 4.91. The summed E-state index contributed by atoms with van der Waals surface area (Å²) in [7, 11) is 4.11. The molecule has 7 heteroatoms. The van der Waals surface area contributed by atoms with Crippen LogP contribution in [0.15, 0.2) is 15.1 Å². The predicted molar refractivity (Wildman–Crippen MR) is 91.3 cm³/mol. The zero-order valence-corrected chi connectivity index (χ0v) is 14.8. The summed E-state index contributed by atoms with van der Waals surface area (Å²) in [6, 6.07) is 0. The molecule has 0 N–H and O–H groups in total. The van der Waals surface area contributed by atoms with Crippen LogP contribution >= 0.6 is 23.5 Å². The minimum absolute atomic E-state index is 0.289. The van der Waals surface area contributed by atoms with Crippen LogP contribution in [0.1, 0.15) is 28.3 Å². The maximum Gasteiger partial charge on any atom is 0.248 e. The third kappa shape index (κ3) is 3.70. The zero-order valence-electron chi connectivity index (χ0n) is 13.2. The van der Waals surface area contributed by atoms with E-state index in [0.717, 1.165) is 36.0 Å². The molecule has 0 aliphatic carbocycles. The van der Waals surface area contributed by atoms with Crippen LogP contribution in [0, 0.1) is 6.92 Å². The van der Waals surface area contributed by atoms with E-state index < -0.39 is 0 Å². The van der Waals surface area contributed by atoms with E-state index in [9.17, 15) is 0 Å². The molecule has 3 heterocycles. The predicted octanol–water partition coefficient (Wildman–Crippen LogP) is 3.61. The third-order valence-corrected chi connectivity index (χ3v) is 6.22. The number of nitrogens with zero attached hydrogens (tertiary/aromatic N) is 3. The number of rotatable bonds is 5. The van der Waals surface area contributed by atoms with Crippen LogP contribution in [0.5, 0.6) is 0 Å². The van der Waals surface area contributed by atoms with Crippen molar-refractivity contribution in [1.29, 1.82) is 0 Å². The van der Waals surface area contributed by atoms with Crippen molar-refractivity contribution in [2.45, 2.75) is 24.3 Å². The summed E-state index contributed by atoms with van der Waals surface area (Å²) in [5, 5.41) is 0. The molecule has 1 saturated heterocycles. The first-order chi connectivity index (χ1) is 10.6. The van der Waals surface area contributed by atoms with Crippen molar-refractivity contribution in [3.63, 3.8) is 0 Å². The molecule has 0 unspecified atom stereocenters. The minimum Gasteiger partial charge on any atom is -0.443 e. The van der Waals surface area contributed by atoms with Gasteiger partial charge >= 0.3 is 0 Å². The molecule has 1 aliphatic heterocycles. The van der Waals surface area contributed by atoms with Gasteiger partial charge in [-0.2, -0.15) is 0 Å². The van der Waals surface area contributed by atoms with E-state index in [4.69, 9.17) is 13.8 Å². The molecule has 1 fully saturated rings. The maximum atomic E-state index is 6.09. The van der Waals surface area contributed by atoms with Gasteiger partial charge in [0.2, 0.25) is 11.8 Å². The first-order valence-electron chi connectivity index (χ1n) is 7.43. The van der Waals surface area contributed by atoms with Crippen molar-refractivity contribution >= 4 is 23.5 Å². The largest absolute Gasteiger partial charge is 0.443 e. The highest BCUT2D eigenvalue weighted by atomic mass is 32.2. The molecule has 0 amide bonds. The standard InChI is InChI=1S/C15H21N3O2S2/c1-10-9-19-13(16-10)12-11(5-6-18(2)3)20-14(17-12)15-21-7-4-8-22-15/h9,15H,4-8H2,1-3H3. The highest BCUT2D eigenvalue weighted by molar-refractivity contribution is 8.16. The molecule has 22 heavy (non-hydrogen) atoms. The lowest BCUT2D eigenvalue weighted by Crippen LogP contribution is -2.15. The van der Waals surface area contributed by atoms with Gasteiger partial charge in [0.25, 0.3) is 0 Å². The van der Waals surface area contributed by atoms with Crippen LogP contribution in [-0.4, -0.2) is 47.0 Å². The molecule has 0 saturated carbocycles. The molecule has 5 nitrogen and oxygen atoms in total. The molecule has 0 atom stereocenters. The lowest BCUT2D eigenvalue weighted by molar-refractivity contribution is 0.384. The van der Waals surface area contributed by atoms with E-state index in [1.807, 2.05) is 30.4 Å². The van der Waals surface area contributed by atoms with Crippen LogP contribution in [0.2, 0.25) is 0 Å². The summed E-state index contributed by atoms with van der Waals surface area (Å²) in [5.41, 5.74) is 1.62. The van der Waals surface area contributed by atoms with Gasteiger partial charge in [-0.05, 0) is 38.9 Å². The lowest BCUT2D eigenvalue weighted by atomic mass is 10.2. The Morgan fingerprint density at radius 3 is 2.68 bits per heavy atom. The summed E-state index contributed by atoms with van der Waals surface area (Å²) in [6.45, 7) is 2.83. The number of aryl methyl sites for hydroxylation is 1. The van der Waals surface area contributed by atoms with Gasteiger partial charge in [0.1, 0.15) is 16.6 Å². The van der Waals surface area contributed by atoms with E-state index >= 15 is 0 Å². The van der Waals surface area contributed by atoms with Crippen LogP contribution in [0.25, 0.3) is 11.6 Å². The Balaban J connectivity index is 1.89. The molecule has 2 aromatic heterocycles. The van der Waals surface area contributed by atoms with Crippen molar-refractivity contribution in [1.82, 2.24) is 14.9 Å². The summed E-state index contributed by atoms with van der Waals surface area (Å²) in [4.78, 5) is 11.3. The van der Waals surface area contributed by atoms with Crippen LogP contribution in [-0.2, 0) is 6.42 Å². The third-order valence-electron chi connectivity index (χ3n) is 3.35. The highest BCUT2D eigenvalue weighted by Crippen LogP contribution is 2.44. The van der Waals surface area contributed by atoms with E-state index in [1.165, 1.54) is 17.9 Å².